The van der Waals surface area contributed by atoms with Crippen LogP contribution in [0.15, 0.2) is 33.0 Å². The minimum atomic E-state index is -3.75. The number of nitrogens with zero attached hydrogens (tertiary/aromatic N) is 1. The minimum absolute atomic E-state index is 0.156. The van der Waals surface area contributed by atoms with E-state index >= 15 is 0 Å². The summed E-state index contributed by atoms with van der Waals surface area (Å²) >= 11 is 0. The van der Waals surface area contributed by atoms with Gasteiger partial charge in [-0.05, 0) is 11.6 Å². The molecule has 1 aromatic rings. The largest absolute Gasteiger partial charge is 0.235 e. The van der Waals surface area contributed by atoms with Gasteiger partial charge >= 0.3 is 0 Å². The third kappa shape index (κ3) is 3.25. The van der Waals surface area contributed by atoms with Crippen molar-refractivity contribution < 1.29 is 21.6 Å². The molecule has 0 saturated carbocycles. The summed E-state index contributed by atoms with van der Waals surface area (Å²) in [6.45, 7) is -0.227. The number of benzene rings is 1. The van der Waals surface area contributed by atoms with Gasteiger partial charge in [0.2, 0.25) is 6.08 Å². The zero-order valence-corrected chi connectivity index (χ0v) is 11.4. The first-order valence-electron chi connectivity index (χ1n) is 4.73. The van der Waals surface area contributed by atoms with Crippen LogP contribution in [0.25, 0.3) is 0 Å². The van der Waals surface area contributed by atoms with E-state index in [9.17, 15) is 21.6 Å². The Morgan fingerprint density at radius 3 is 2.17 bits per heavy atom. The fraction of sp³-hybridized carbons (Fsp3) is 0.300. The average molecular weight is 289 g/mol. The highest BCUT2D eigenvalue weighted by atomic mass is 32.2. The number of aliphatic imine (C=N–C) groups is 1. The zero-order valence-electron chi connectivity index (χ0n) is 9.74. The molecule has 1 aromatic carbocycles. The van der Waals surface area contributed by atoms with Crippen molar-refractivity contribution in [3.05, 3.63) is 23.8 Å². The first kappa shape index (κ1) is 14.6. The lowest BCUT2D eigenvalue weighted by atomic mass is 10.2. The van der Waals surface area contributed by atoms with Crippen LogP contribution in [0.1, 0.15) is 5.56 Å². The Morgan fingerprint density at radius 1 is 1.11 bits per heavy atom. The van der Waals surface area contributed by atoms with E-state index in [1.54, 1.807) is 0 Å². The molecule has 0 radical (unpaired) electrons. The van der Waals surface area contributed by atoms with Crippen molar-refractivity contribution in [1.82, 2.24) is 0 Å². The monoisotopic (exact) mass is 289 g/mol. The molecule has 0 fully saturated rings. The van der Waals surface area contributed by atoms with E-state index in [0.29, 0.717) is 0 Å². The quantitative estimate of drug-likeness (QED) is 0.587. The van der Waals surface area contributed by atoms with Crippen LogP contribution in [0.5, 0.6) is 0 Å². The molecule has 0 amide bonds. The molecule has 0 atom stereocenters. The lowest BCUT2D eigenvalue weighted by Gasteiger charge is -2.10. The molecule has 0 unspecified atom stereocenters. The normalized spacial score (nSPS) is 11.9. The van der Waals surface area contributed by atoms with Gasteiger partial charge in [-0.25, -0.2) is 26.6 Å². The van der Waals surface area contributed by atoms with Crippen molar-refractivity contribution in [3.8, 4) is 0 Å². The lowest BCUT2D eigenvalue weighted by molar-refractivity contribution is 0.562. The van der Waals surface area contributed by atoms with Crippen molar-refractivity contribution in [3.63, 3.8) is 0 Å². The van der Waals surface area contributed by atoms with E-state index in [1.807, 2.05) is 0 Å². The third-order valence-corrected chi connectivity index (χ3v) is 4.64. The smallest absolute Gasteiger partial charge is 0.224 e. The van der Waals surface area contributed by atoms with Crippen LogP contribution in [-0.2, 0) is 31.0 Å². The summed E-state index contributed by atoms with van der Waals surface area (Å²) in [4.78, 5) is 12.7. The second-order valence-electron chi connectivity index (χ2n) is 3.70. The molecule has 0 heterocycles. The van der Waals surface area contributed by atoms with Gasteiger partial charge in [0.05, 0.1) is 16.3 Å². The zero-order chi connectivity index (χ0) is 14.0. The van der Waals surface area contributed by atoms with Gasteiger partial charge in [0.1, 0.15) is 0 Å². The van der Waals surface area contributed by atoms with Crippen molar-refractivity contribution >= 4 is 25.8 Å². The molecular weight excluding hydrogens is 278 g/mol. The predicted molar refractivity (Wildman–Crippen MR) is 64.5 cm³/mol. The van der Waals surface area contributed by atoms with E-state index in [1.165, 1.54) is 24.3 Å². The van der Waals surface area contributed by atoms with Crippen LogP contribution in [0.3, 0.4) is 0 Å². The Labute approximate surface area is 105 Å². The van der Waals surface area contributed by atoms with Gasteiger partial charge in [-0.1, -0.05) is 12.1 Å². The van der Waals surface area contributed by atoms with Crippen molar-refractivity contribution in [2.24, 2.45) is 4.99 Å². The maximum atomic E-state index is 11.7. The van der Waals surface area contributed by atoms with E-state index in [4.69, 9.17) is 0 Å². The molecule has 0 aliphatic rings. The summed E-state index contributed by atoms with van der Waals surface area (Å²) in [6.07, 6.45) is 3.11. The SMILES string of the molecule is CS(=O)(=O)c1cccc(CN=C=O)c1S(C)(=O)=O. The van der Waals surface area contributed by atoms with Crippen molar-refractivity contribution in [2.45, 2.75) is 16.3 Å². The molecule has 8 heteroatoms. The van der Waals surface area contributed by atoms with Gasteiger partial charge in [0, 0.05) is 12.5 Å². The molecule has 0 aliphatic heterocycles. The second kappa shape index (κ2) is 5.01. The number of rotatable bonds is 4. The van der Waals surface area contributed by atoms with Crippen LogP contribution in [0.2, 0.25) is 0 Å². The van der Waals surface area contributed by atoms with Gasteiger partial charge < -0.3 is 0 Å². The number of hydrogen-bond acceptors (Lipinski definition) is 6. The fourth-order valence-electron chi connectivity index (χ4n) is 1.52. The maximum Gasteiger partial charge on any atom is 0.235 e. The summed E-state index contributed by atoms with van der Waals surface area (Å²) < 4.78 is 46.5. The van der Waals surface area contributed by atoms with Crippen LogP contribution in [-0.4, -0.2) is 35.4 Å². The highest BCUT2D eigenvalue weighted by molar-refractivity contribution is 7.93. The maximum absolute atomic E-state index is 11.7. The molecule has 6 nitrogen and oxygen atoms in total. The molecule has 98 valence electrons. The number of hydrogen-bond donors (Lipinski definition) is 0. The summed E-state index contributed by atoms with van der Waals surface area (Å²) in [7, 11) is -7.43. The summed E-state index contributed by atoms with van der Waals surface area (Å²) in [5, 5.41) is 0. The van der Waals surface area contributed by atoms with Gasteiger partial charge in [-0.15, -0.1) is 0 Å². The summed E-state index contributed by atoms with van der Waals surface area (Å²) in [5.41, 5.74) is 0.156. The highest BCUT2D eigenvalue weighted by Crippen LogP contribution is 2.25. The Balaban J connectivity index is 3.72. The minimum Gasteiger partial charge on any atom is -0.224 e. The van der Waals surface area contributed by atoms with Gasteiger partial charge in [0.15, 0.2) is 19.7 Å². The molecule has 0 spiro atoms. The van der Waals surface area contributed by atoms with Crippen LogP contribution >= 0.6 is 0 Å². The molecule has 1 rings (SSSR count). The predicted octanol–water partition coefficient (Wildman–Crippen LogP) is 0.329. The lowest BCUT2D eigenvalue weighted by Crippen LogP contribution is -2.10. The first-order valence-corrected chi connectivity index (χ1v) is 8.52. The van der Waals surface area contributed by atoms with Gasteiger partial charge in [0.25, 0.3) is 0 Å². The van der Waals surface area contributed by atoms with Crippen LogP contribution in [0, 0.1) is 0 Å². The molecular formula is C10H11NO5S2. The van der Waals surface area contributed by atoms with Crippen LogP contribution < -0.4 is 0 Å². The van der Waals surface area contributed by atoms with E-state index in [0.717, 1.165) is 12.5 Å². The highest BCUT2D eigenvalue weighted by Gasteiger charge is 2.23. The fourth-order valence-corrected chi connectivity index (χ4v) is 4.26. The summed E-state index contributed by atoms with van der Waals surface area (Å²) in [5.74, 6) is 0. The van der Waals surface area contributed by atoms with Gasteiger partial charge in [-0.3, -0.25) is 0 Å². The Bertz CT molecular complexity index is 713. The number of carbonyl (C=O) groups excluding carboxylic acids is 1. The van der Waals surface area contributed by atoms with Gasteiger partial charge in [-0.2, -0.15) is 0 Å². The standard InChI is InChI=1S/C10H11NO5S2/c1-17(13,14)9-5-3-4-8(6-11-7-12)10(9)18(2,15)16/h3-5H,6H2,1-2H3. The van der Waals surface area contributed by atoms with Crippen LogP contribution in [0.4, 0.5) is 0 Å². The molecule has 0 aliphatic carbocycles. The Morgan fingerprint density at radius 2 is 1.72 bits per heavy atom. The molecule has 0 bridgehead atoms. The topological polar surface area (TPSA) is 97.7 Å². The van der Waals surface area contributed by atoms with E-state index in [-0.39, 0.29) is 21.9 Å². The summed E-state index contributed by atoms with van der Waals surface area (Å²) in [6, 6.07) is 4.02. The molecule has 0 saturated heterocycles. The van der Waals surface area contributed by atoms with E-state index in [2.05, 4.69) is 4.99 Å². The third-order valence-electron chi connectivity index (χ3n) is 2.14. The number of isocyanates is 1. The molecule has 0 N–H and O–H groups in total. The average Bonchev–Trinajstić information content (AvgIpc) is 2.23. The van der Waals surface area contributed by atoms with Crippen molar-refractivity contribution in [1.29, 1.82) is 0 Å². The van der Waals surface area contributed by atoms with Crippen molar-refractivity contribution in [2.75, 3.05) is 12.5 Å². The Hall–Kier alpha value is -1.50. The molecule has 18 heavy (non-hydrogen) atoms. The first-order chi connectivity index (χ1) is 8.18. The second-order valence-corrected chi connectivity index (χ2v) is 7.63. The Kier molecular flexibility index (Phi) is 4.05. The van der Waals surface area contributed by atoms with E-state index < -0.39 is 19.7 Å². The molecule has 0 aromatic heterocycles. The number of sulfone groups is 2.